The van der Waals surface area contributed by atoms with Gasteiger partial charge in [-0.15, -0.1) is 6.58 Å². The number of carbonyl (C=O) groups is 2. The van der Waals surface area contributed by atoms with Crippen molar-refractivity contribution in [2.75, 3.05) is 0 Å². The molecule has 0 saturated carbocycles. The highest BCUT2D eigenvalue weighted by Gasteiger charge is 2.15. The summed E-state index contributed by atoms with van der Waals surface area (Å²) >= 11 is 0. The fourth-order valence-corrected chi connectivity index (χ4v) is 0.975. The molecule has 0 radical (unpaired) electrons. The van der Waals surface area contributed by atoms with Crippen molar-refractivity contribution in [1.82, 2.24) is 0 Å². The van der Waals surface area contributed by atoms with Crippen LogP contribution in [0.5, 0.6) is 0 Å². The maximum atomic E-state index is 11.1. The molecule has 0 rings (SSSR count). The van der Waals surface area contributed by atoms with E-state index in [0.717, 1.165) is 6.26 Å². The van der Waals surface area contributed by atoms with E-state index in [1.807, 2.05) is 0 Å². The van der Waals surface area contributed by atoms with E-state index in [4.69, 9.17) is 5.11 Å². The molecule has 0 aromatic heterocycles. The first-order valence-corrected chi connectivity index (χ1v) is 4.27. The van der Waals surface area contributed by atoms with Crippen molar-refractivity contribution in [3.8, 4) is 0 Å². The lowest BCUT2D eigenvalue weighted by Gasteiger charge is -2.08. The molecule has 4 nitrogen and oxygen atoms in total. The van der Waals surface area contributed by atoms with Crippen LogP contribution < -0.4 is 0 Å². The van der Waals surface area contributed by atoms with E-state index < -0.39 is 17.9 Å². The van der Waals surface area contributed by atoms with Crippen LogP contribution in [0.1, 0.15) is 19.3 Å². The molecule has 1 unspecified atom stereocenters. The van der Waals surface area contributed by atoms with Crippen LogP contribution in [-0.4, -0.2) is 17.0 Å². The number of ether oxygens (including phenoxy) is 1. The first-order valence-electron chi connectivity index (χ1n) is 4.27. The Morgan fingerprint density at radius 1 is 1.43 bits per heavy atom. The quantitative estimate of drug-likeness (QED) is 0.384. The van der Waals surface area contributed by atoms with E-state index in [-0.39, 0.29) is 6.42 Å². The van der Waals surface area contributed by atoms with Crippen LogP contribution in [0, 0.1) is 5.92 Å². The predicted octanol–water partition coefficient (Wildman–Crippen LogP) is 1.73. The molecule has 0 spiro atoms. The monoisotopic (exact) mass is 198 g/mol. The smallest absolute Gasteiger partial charge is 0.317 e. The van der Waals surface area contributed by atoms with Gasteiger partial charge in [0.1, 0.15) is 0 Å². The molecule has 0 aliphatic heterocycles. The Hall–Kier alpha value is -1.58. The lowest BCUT2D eigenvalue weighted by Crippen LogP contribution is -2.13. The summed E-state index contributed by atoms with van der Waals surface area (Å²) in [6.07, 6.45) is 3.41. The molecule has 0 bridgehead atoms. The molecule has 0 heterocycles. The summed E-state index contributed by atoms with van der Waals surface area (Å²) in [6, 6.07) is 0. The van der Waals surface area contributed by atoms with Gasteiger partial charge in [-0.3, -0.25) is 9.59 Å². The zero-order chi connectivity index (χ0) is 11.0. The molecule has 0 aliphatic carbocycles. The largest absolute Gasteiger partial charge is 0.481 e. The van der Waals surface area contributed by atoms with Crippen molar-refractivity contribution in [1.29, 1.82) is 0 Å². The van der Waals surface area contributed by atoms with Crippen molar-refractivity contribution in [2.24, 2.45) is 5.92 Å². The van der Waals surface area contributed by atoms with Crippen molar-refractivity contribution in [3.63, 3.8) is 0 Å². The van der Waals surface area contributed by atoms with Crippen molar-refractivity contribution < 1.29 is 19.4 Å². The number of rotatable bonds is 7. The Kier molecular flexibility index (Phi) is 6.11. The number of aliphatic carboxylic acids is 1. The summed E-state index contributed by atoms with van der Waals surface area (Å²) in [7, 11) is 0. The summed E-state index contributed by atoms with van der Waals surface area (Å²) in [4.78, 5) is 21.3. The van der Waals surface area contributed by atoms with Crippen molar-refractivity contribution in [3.05, 3.63) is 25.5 Å². The maximum absolute atomic E-state index is 11.1. The molecular formula is C10H14O4. The van der Waals surface area contributed by atoms with Gasteiger partial charge in [-0.05, 0) is 12.8 Å². The number of carbonyl (C=O) groups excluding carboxylic acids is 1. The van der Waals surface area contributed by atoms with Crippen LogP contribution in [0.15, 0.2) is 25.5 Å². The molecule has 4 heteroatoms. The molecule has 0 aliphatic rings. The number of carboxylic acids is 1. The molecule has 0 amide bonds. The second-order valence-electron chi connectivity index (χ2n) is 2.73. The first-order chi connectivity index (χ1) is 6.61. The minimum Gasteiger partial charge on any atom is -0.481 e. The lowest BCUT2D eigenvalue weighted by atomic mass is 10.0. The Morgan fingerprint density at radius 2 is 2.07 bits per heavy atom. The zero-order valence-electron chi connectivity index (χ0n) is 7.94. The average molecular weight is 198 g/mol. The highest BCUT2D eigenvalue weighted by molar-refractivity contribution is 5.75. The third kappa shape index (κ3) is 5.13. The molecule has 14 heavy (non-hydrogen) atoms. The summed E-state index contributed by atoms with van der Waals surface area (Å²) in [5.74, 6) is -1.77. The van der Waals surface area contributed by atoms with Gasteiger partial charge in [0.2, 0.25) is 0 Å². The Morgan fingerprint density at radius 3 is 2.50 bits per heavy atom. The van der Waals surface area contributed by atoms with Gasteiger partial charge in [0.25, 0.3) is 0 Å². The minimum atomic E-state index is -0.870. The van der Waals surface area contributed by atoms with E-state index >= 15 is 0 Å². The van der Waals surface area contributed by atoms with Gasteiger partial charge >= 0.3 is 11.9 Å². The summed E-state index contributed by atoms with van der Waals surface area (Å²) in [5.41, 5.74) is 0. The van der Waals surface area contributed by atoms with Crippen molar-refractivity contribution >= 4 is 11.9 Å². The number of hydrogen-bond donors (Lipinski definition) is 1. The predicted molar refractivity (Wildman–Crippen MR) is 51.5 cm³/mol. The molecule has 0 fully saturated rings. The van der Waals surface area contributed by atoms with Crippen LogP contribution in [0.2, 0.25) is 0 Å². The van der Waals surface area contributed by atoms with Gasteiger partial charge in [-0.1, -0.05) is 12.7 Å². The average Bonchev–Trinajstić information content (AvgIpc) is 2.12. The molecule has 78 valence electrons. The molecule has 1 N–H and O–H groups in total. The topological polar surface area (TPSA) is 63.6 Å². The van der Waals surface area contributed by atoms with Crippen LogP contribution in [0.3, 0.4) is 0 Å². The SMILES string of the molecule is C=COC(=O)C(C=C)CCCC(=O)O. The van der Waals surface area contributed by atoms with E-state index in [0.29, 0.717) is 12.8 Å². The maximum Gasteiger partial charge on any atom is 0.317 e. The van der Waals surface area contributed by atoms with Gasteiger partial charge in [0, 0.05) is 6.42 Å². The highest BCUT2D eigenvalue weighted by Crippen LogP contribution is 2.11. The van der Waals surface area contributed by atoms with Gasteiger partial charge in [0.05, 0.1) is 12.2 Å². The second kappa shape index (κ2) is 6.88. The minimum absolute atomic E-state index is 0.0473. The molecule has 0 saturated heterocycles. The fourth-order valence-electron chi connectivity index (χ4n) is 0.975. The van der Waals surface area contributed by atoms with Gasteiger partial charge in [-0.2, -0.15) is 0 Å². The first kappa shape index (κ1) is 12.4. The summed E-state index contributed by atoms with van der Waals surface area (Å²) < 4.78 is 4.56. The standard InChI is InChI=1S/C10H14O4/c1-3-8(10(13)14-4-2)6-5-7-9(11)12/h3-4,8H,1-2,5-7H2,(H,11,12). The number of hydrogen-bond acceptors (Lipinski definition) is 3. The molecular weight excluding hydrogens is 184 g/mol. The van der Waals surface area contributed by atoms with Crippen LogP contribution in [-0.2, 0) is 14.3 Å². The van der Waals surface area contributed by atoms with Crippen LogP contribution in [0.4, 0.5) is 0 Å². The van der Waals surface area contributed by atoms with Crippen LogP contribution in [0.25, 0.3) is 0 Å². The summed E-state index contributed by atoms with van der Waals surface area (Å²) in [6.45, 7) is 6.73. The third-order valence-corrected chi connectivity index (χ3v) is 1.69. The highest BCUT2D eigenvalue weighted by atomic mass is 16.5. The Labute approximate surface area is 82.9 Å². The van der Waals surface area contributed by atoms with E-state index in [1.165, 1.54) is 6.08 Å². The lowest BCUT2D eigenvalue weighted by molar-refractivity contribution is -0.142. The van der Waals surface area contributed by atoms with Gasteiger partial charge < -0.3 is 9.84 Å². The van der Waals surface area contributed by atoms with Gasteiger partial charge in [-0.25, -0.2) is 0 Å². The normalized spacial score (nSPS) is 11.4. The number of carboxylic acid groups (broad SMARTS) is 1. The second-order valence-corrected chi connectivity index (χ2v) is 2.73. The third-order valence-electron chi connectivity index (χ3n) is 1.69. The number of esters is 1. The van der Waals surface area contributed by atoms with Gasteiger partial charge in [0.15, 0.2) is 0 Å². The van der Waals surface area contributed by atoms with E-state index in [2.05, 4.69) is 17.9 Å². The van der Waals surface area contributed by atoms with E-state index in [9.17, 15) is 9.59 Å². The Balaban J connectivity index is 3.90. The van der Waals surface area contributed by atoms with Crippen molar-refractivity contribution in [2.45, 2.75) is 19.3 Å². The molecule has 0 aromatic carbocycles. The van der Waals surface area contributed by atoms with Crippen LogP contribution >= 0.6 is 0 Å². The van der Waals surface area contributed by atoms with E-state index in [1.54, 1.807) is 0 Å². The molecule has 1 atom stereocenters. The summed E-state index contributed by atoms with van der Waals surface area (Å²) in [5, 5.41) is 8.38. The zero-order valence-corrected chi connectivity index (χ0v) is 7.94. The molecule has 0 aromatic rings. The Bertz CT molecular complexity index is 232. The fraction of sp³-hybridized carbons (Fsp3) is 0.400.